The van der Waals surface area contributed by atoms with E-state index >= 15 is 0 Å². The van der Waals surface area contributed by atoms with Crippen LogP contribution in [0.3, 0.4) is 0 Å². The van der Waals surface area contributed by atoms with Crippen LogP contribution in [0.5, 0.6) is 5.75 Å². The smallest absolute Gasteiger partial charge is 0.121 e. The normalized spacial score (nSPS) is 16.5. The molecule has 22 heavy (non-hydrogen) atoms. The van der Waals surface area contributed by atoms with Gasteiger partial charge in [0.05, 0.1) is 0 Å². The molecule has 0 unspecified atom stereocenters. The monoisotopic (exact) mass is 412 g/mol. The first-order chi connectivity index (χ1) is 9.72. The number of hydrogen-bond acceptors (Lipinski definition) is 3. The molecule has 2 rings (SSSR count). The van der Waals surface area contributed by atoms with E-state index in [2.05, 4.69) is 39.1 Å². The number of nitrogens with one attached hydrogen (secondary N) is 1. The average Bonchev–Trinajstić information content (AvgIpc) is 2.46. The van der Waals surface area contributed by atoms with Gasteiger partial charge in [0, 0.05) is 42.3 Å². The molecule has 1 aliphatic heterocycles. The van der Waals surface area contributed by atoms with E-state index in [9.17, 15) is 5.11 Å². The summed E-state index contributed by atoms with van der Waals surface area (Å²) in [5, 5.41) is 13.7. The number of piperazine rings is 1. The second-order valence-electron chi connectivity index (χ2n) is 5.50. The van der Waals surface area contributed by atoms with Crippen LogP contribution < -0.4 is 5.32 Å². The number of benzene rings is 1. The molecular weight excluding hydrogens is 387 g/mol. The van der Waals surface area contributed by atoms with Crippen LogP contribution in [0.4, 0.5) is 0 Å². The van der Waals surface area contributed by atoms with Crippen LogP contribution >= 0.6 is 40.7 Å². The van der Waals surface area contributed by atoms with Crippen molar-refractivity contribution in [3.05, 3.63) is 28.2 Å². The van der Waals surface area contributed by atoms with E-state index in [-0.39, 0.29) is 24.8 Å². The third-order valence-electron chi connectivity index (χ3n) is 4.02. The molecule has 0 saturated carbocycles. The van der Waals surface area contributed by atoms with Gasteiger partial charge in [-0.1, -0.05) is 48.2 Å². The standard InChI is InChI=1S/C16H25BrN2O.2ClH/c1-2-3-4-5-15(19-10-8-18-9-11-19)14-7-6-13(17)12-16(14)20;;/h6-7,12,15,18,20H,2-5,8-11H2,1H3;2*1H/t15-;;/m0../s1. The largest absolute Gasteiger partial charge is 0.508 e. The molecule has 0 radical (unpaired) electrons. The van der Waals surface area contributed by atoms with Crippen LogP contribution in [-0.4, -0.2) is 36.2 Å². The Balaban J connectivity index is 0.00000220. The fourth-order valence-corrected chi connectivity index (χ4v) is 3.26. The van der Waals surface area contributed by atoms with E-state index < -0.39 is 0 Å². The Morgan fingerprint density at radius 1 is 1.23 bits per heavy atom. The molecule has 0 aliphatic carbocycles. The number of phenols is 1. The van der Waals surface area contributed by atoms with Crippen LogP contribution in [0.15, 0.2) is 22.7 Å². The molecule has 1 saturated heterocycles. The Morgan fingerprint density at radius 3 is 2.50 bits per heavy atom. The third-order valence-corrected chi connectivity index (χ3v) is 4.52. The molecule has 0 aromatic heterocycles. The Labute approximate surface area is 154 Å². The molecule has 1 fully saturated rings. The molecule has 1 aromatic rings. The van der Waals surface area contributed by atoms with Gasteiger partial charge >= 0.3 is 0 Å². The summed E-state index contributed by atoms with van der Waals surface area (Å²) >= 11 is 3.42. The maximum Gasteiger partial charge on any atom is 0.121 e. The van der Waals surface area contributed by atoms with Gasteiger partial charge in [-0.05, 0) is 18.6 Å². The van der Waals surface area contributed by atoms with E-state index in [1.54, 1.807) is 0 Å². The summed E-state index contributed by atoms with van der Waals surface area (Å²) in [4.78, 5) is 2.51. The topological polar surface area (TPSA) is 35.5 Å². The first-order valence-electron chi connectivity index (χ1n) is 7.65. The first kappa shape index (κ1) is 22.0. The molecule has 6 heteroatoms. The summed E-state index contributed by atoms with van der Waals surface area (Å²) in [5.74, 6) is 0.416. The van der Waals surface area contributed by atoms with Gasteiger partial charge in [-0.25, -0.2) is 0 Å². The van der Waals surface area contributed by atoms with Gasteiger partial charge in [-0.15, -0.1) is 24.8 Å². The van der Waals surface area contributed by atoms with Gasteiger partial charge in [0.1, 0.15) is 5.75 Å². The van der Waals surface area contributed by atoms with E-state index in [0.717, 1.165) is 42.6 Å². The molecule has 1 heterocycles. The number of nitrogens with zero attached hydrogens (tertiary/aromatic N) is 1. The second-order valence-corrected chi connectivity index (χ2v) is 6.42. The summed E-state index contributed by atoms with van der Waals surface area (Å²) < 4.78 is 0.936. The molecule has 128 valence electrons. The van der Waals surface area contributed by atoms with Crippen molar-refractivity contribution in [3.63, 3.8) is 0 Å². The third kappa shape index (κ3) is 6.25. The van der Waals surface area contributed by atoms with Crippen molar-refractivity contribution in [1.29, 1.82) is 0 Å². The maximum absolute atomic E-state index is 10.3. The molecule has 1 atom stereocenters. The highest BCUT2D eigenvalue weighted by molar-refractivity contribution is 9.10. The maximum atomic E-state index is 10.3. The minimum absolute atomic E-state index is 0. The second kappa shape index (κ2) is 11.5. The van der Waals surface area contributed by atoms with Crippen molar-refractivity contribution in [2.45, 2.75) is 38.6 Å². The van der Waals surface area contributed by atoms with E-state index in [0.29, 0.717) is 11.8 Å². The van der Waals surface area contributed by atoms with Gasteiger partial charge in [-0.3, -0.25) is 4.90 Å². The van der Waals surface area contributed by atoms with Crippen molar-refractivity contribution < 1.29 is 5.11 Å². The van der Waals surface area contributed by atoms with E-state index in [1.165, 1.54) is 19.3 Å². The number of halogens is 3. The Bertz CT molecular complexity index is 429. The number of rotatable bonds is 6. The summed E-state index contributed by atoms with van der Waals surface area (Å²) in [6.07, 6.45) is 4.85. The first-order valence-corrected chi connectivity index (χ1v) is 8.45. The summed E-state index contributed by atoms with van der Waals surface area (Å²) in [6.45, 7) is 6.44. The lowest BCUT2D eigenvalue weighted by molar-refractivity contribution is 0.160. The lowest BCUT2D eigenvalue weighted by atomic mass is 9.97. The summed E-state index contributed by atoms with van der Waals surface area (Å²) in [6, 6.07) is 6.25. The predicted molar refractivity (Wildman–Crippen MR) is 102 cm³/mol. The molecule has 2 N–H and O–H groups in total. The van der Waals surface area contributed by atoms with Gasteiger partial charge in [0.15, 0.2) is 0 Å². The molecule has 0 amide bonds. The van der Waals surface area contributed by atoms with Gasteiger partial charge in [-0.2, -0.15) is 0 Å². The van der Waals surface area contributed by atoms with Crippen LogP contribution in [0, 0.1) is 0 Å². The van der Waals surface area contributed by atoms with Gasteiger partial charge in [0.25, 0.3) is 0 Å². The number of hydrogen-bond donors (Lipinski definition) is 2. The number of phenolic OH excluding ortho intramolecular Hbond substituents is 1. The Kier molecular flexibility index (Phi) is 11.5. The van der Waals surface area contributed by atoms with Crippen molar-refractivity contribution >= 4 is 40.7 Å². The molecule has 1 aliphatic rings. The molecule has 0 spiro atoms. The average molecular weight is 414 g/mol. The van der Waals surface area contributed by atoms with Crippen LogP contribution in [0.25, 0.3) is 0 Å². The highest BCUT2D eigenvalue weighted by atomic mass is 79.9. The minimum Gasteiger partial charge on any atom is -0.508 e. The molecule has 1 aromatic carbocycles. The van der Waals surface area contributed by atoms with Gasteiger partial charge in [0.2, 0.25) is 0 Å². The van der Waals surface area contributed by atoms with Gasteiger partial charge < -0.3 is 10.4 Å². The quantitative estimate of drug-likeness (QED) is 0.672. The van der Waals surface area contributed by atoms with Crippen molar-refractivity contribution in [3.8, 4) is 5.75 Å². The summed E-state index contributed by atoms with van der Waals surface area (Å²) in [7, 11) is 0. The fourth-order valence-electron chi connectivity index (χ4n) is 2.91. The number of unbranched alkanes of at least 4 members (excludes halogenated alkanes) is 2. The van der Waals surface area contributed by atoms with Crippen LogP contribution in [0.2, 0.25) is 0 Å². The van der Waals surface area contributed by atoms with Crippen molar-refractivity contribution in [1.82, 2.24) is 10.2 Å². The molecule has 0 bridgehead atoms. The predicted octanol–water partition coefficient (Wildman–Crippen LogP) is 4.52. The Hall–Kier alpha value is -0.000000000000000111. The zero-order chi connectivity index (χ0) is 14.4. The molecule has 3 nitrogen and oxygen atoms in total. The highest BCUT2D eigenvalue weighted by Crippen LogP contribution is 2.34. The van der Waals surface area contributed by atoms with Crippen LogP contribution in [0.1, 0.15) is 44.2 Å². The van der Waals surface area contributed by atoms with E-state index in [1.807, 2.05) is 12.1 Å². The van der Waals surface area contributed by atoms with Crippen molar-refractivity contribution in [2.75, 3.05) is 26.2 Å². The lowest BCUT2D eigenvalue weighted by Gasteiger charge is -2.35. The zero-order valence-corrected chi connectivity index (χ0v) is 16.3. The van der Waals surface area contributed by atoms with Crippen molar-refractivity contribution in [2.24, 2.45) is 0 Å². The van der Waals surface area contributed by atoms with E-state index in [4.69, 9.17) is 0 Å². The fraction of sp³-hybridized carbons (Fsp3) is 0.625. The summed E-state index contributed by atoms with van der Waals surface area (Å²) in [5.41, 5.74) is 1.08. The number of aromatic hydroxyl groups is 1. The SMILES string of the molecule is CCCCC[C@@H](c1ccc(Br)cc1O)N1CCNCC1.Cl.Cl. The minimum atomic E-state index is 0. The Morgan fingerprint density at radius 2 is 1.91 bits per heavy atom. The molecular formula is C16H27BrCl2N2O. The lowest BCUT2D eigenvalue weighted by Crippen LogP contribution is -2.45. The zero-order valence-electron chi connectivity index (χ0n) is 13.1. The highest BCUT2D eigenvalue weighted by Gasteiger charge is 2.23. The van der Waals surface area contributed by atoms with Crippen LogP contribution in [-0.2, 0) is 0 Å².